The summed E-state index contributed by atoms with van der Waals surface area (Å²) in [5.41, 5.74) is 0.906. The van der Waals surface area contributed by atoms with E-state index in [1.54, 1.807) is 7.11 Å². The number of alkyl halides is 1. The van der Waals surface area contributed by atoms with Crippen LogP contribution < -0.4 is 0 Å². The van der Waals surface area contributed by atoms with Gasteiger partial charge in [-0.25, -0.2) is 4.39 Å². The first-order chi connectivity index (χ1) is 7.31. The minimum atomic E-state index is -0.924. The van der Waals surface area contributed by atoms with Crippen molar-refractivity contribution >= 4 is 0 Å². The van der Waals surface area contributed by atoms with Gasteiger partial charge < -0.3 is 9.47 Å². The van der Waals surface area contributed by atoms with Crippen LogP contribution in [-0.2, 0) is 9.47 Å². The highest BCUT2D eigenvalue weighted by Crippen LogP contribution is 2.35. The quantitative estimate of drug-likeness (QED) is 0.763. The second kappa shape index (κ2) is 4.73. The third-order valence-corrected chi connectivity index (χ3v) is 2.64. The second-order valence-corrected chi connectivity index (χ2v) is 3.80. The number of rotatable bonds is 3. The Morgan fingerprint density at radius 1 is 1.40 bits per heavy atom. The first-order valence-electron chi connectivity index (χ1n) is 5.14. The van der Waals surface area contributed by atoms with Crippen molar-refractivity contribution in [2.75, 3.05) is 13.7 Å². The van der Waals surface area contributed by atoms with Gasteiger partial charge in [-0.2, -0.15) is 0 Å². The van der Waals surface area contributed by atoms with Crippen LogP contribution in [0, 0.1) is 0 Å². The van der Waals surface area contributed by atoms with E-state index < -0.39 is 12.3 Å². The zero-order valence-corrected chi connectivity index (χ0v) is 8.73. The molecule has 0 aromatic heterocycles. The van der Waals surface area contributed by atoms with Gasteiger partial charge in [0.15, 0.2) is 0 Å². The van der Waals surface area contributed by atoms with Crippen LogP contribution >= 0.6 is 0 Å². The lowest BCUT2D eigenvalue weighted by atomic mass is 10.0. The molecule has 1 fully saturated rings. The Bertz CT molecular complexity index is 302. The van der Waals surface area contributed by atoms with Gasteiger partial charge in [0.05, 0.1) is 12.7 Å². The smallest absolute Gasteiger partial charge is 0.133 e. The van der Waals surface area contributed by atoms with Crippen LogP contribution in [0.15, 0.2) is 30.3 Å². The fourth-order valence-electron chi connectivity index (χ4n) is 1.95. The molecule has 0 saturated carbocycles. The Morgan fingerprint density at radius 2 is 2.13 bits per heavy atom. The van der Waals surface area contributed by atoms with E-state index in [2.05, 4.69) is 0 Å². The summed E-state index contributed by atoms with van der Waals surface area (Å²) in [4.78, 5) is 0. The van der Waals surface area contributed by atoms with Crippen molar-refractivity contribution < 1.29 is 13.9 Å². The van der Waals surface area contributed by atoms with Crippen LogP contribution in [0.25, 0.3) is 0 Å². The van der Waals surface area contributed by atoms with Gasteiger partial charge >= 0.3 is 0 Å². The lowest BCUT2D eigenvalue weighted by Crippen LogP contribution is -2.13. The highest BCUT2D eigenvalue weighted by Gasteiger charge is 2.36. The summed E-state index contributed by atoms with van der Waals surface area (Å²) in [7, 11) is 1.60. The van der Waals surface area contributed by atoms with Crippen LogP contribution in [0.4, 0.5) is 4.39 Å². The average molecular weight is 210 g/mol. The zero-order valence-electron chi connectivity index (χ0n) is 8.73. The molecule has 3 atom stereocenters. The summed E-state index contributed by atoms with van der Waals surface area (Å²) in [6, 6.07) is 9.50. The summed E-state index contributed by atoms with van der Waals surface area (Å²) in [5.74, 6) is 0. The van der Waals surface area contributed by atoms with Crippen LogP contribution in [-0.4, -0.2) is 26.0 Å². The number of methoxy groups -OCH3 is 1. The van der Waals surface area contributed by atoms with Gasteiger partial charge in [0, 0.05) is 13.5 Å². The van der Waals surface area contributed by atoms with Crippen LogP contribution in [0.5, 0.6) is 0 Å². The van der Waals surface area contributed by atoms with Crippen LogP contribution in [0.2, 0.25) is 0 Å². The van der Waals surface area contributed by atoms with E-state index >= 15 is 0 Å². The molecule has 15 heavy (non-hydrogen) atoms. The molecule has 1 aromatic carbocycles. The fraction of sp³-hybridized carbons (Fsp3) is 0.500. The van der Waals surface area contributed by atoms with E-state index in [0.717, 1.165) is 5.56 Å². The van der Waals surface area contributed by atoms with Gasteiger partial charge in [-0.3, -0.25) is 0 Å². The highest BCUT2D eigenvalue weighted by atomic mass is 19.1. The summed E-state index contributed by atoms with van der Waals surface area (Å²) in [6.45, 7) is 0.462. The SMILES string of the molecule is COCC1CC(F)C(c2ccccc2)O1. The van der Waals surface area contributed by atoms with Crippen molar-refractivity contribution in [3.63, 3.8) is 0 Å². The summed E-state index contributed by atoms with van der Waals surface area (Å²) in [5, 5.41) is 0. The van der Waals surface area contributed by atoms with Gasteiger partial charge in [-0.1, -0.05) is 30.3 Å². The van der Waals surface area contributed by atoms with E-state index in [4.69, 9.17) is 9.47 Å². The lowest BCUT2D eigenvalue weighted by Gasteiger charge is -2.13. The number of hydrogen-bond donors (Lipinski definition) is 0. The van der Waals surface area contributed by atoms with Crippen molar-refractivity contribution in [2.45, 2.75) is 24.8 Å². The number of ether oxygens (including phenoxy) is 2. The fourth-order valence-corrected chi connectivity index (χ4v) is 1.95. The van der Waals surface area contributed by atoms with Crippen LogP contribution in [0.3, 0.4) is 0 Å². The Hall–Kier alpha value is -0.930. The third kappa shape index (κ3) is 2.36. The molecule has 1 heterocycles. The summed E-state index contributed by atoms with van der Waals surface area (Å²) in [6.07, 6.45) is -1.04. The van der Waals surface area contributed by atoms with Crippen molar-refractivity contribution in [1.29, 1.82) is 0 Å². The van der Waals surface area contributed by atoms with E-state index in [1.165, 1.54) is 0 Å². The first-order valence-corrected chi connectivity index (χ1v) is 5.14. The molecule has 1 saturated heterocycles. The monoisotopic (exact) mass is 210 g/mol. The molecule has 1 aromatic rings. The standard InChI is InChI=1S/C12H15FO2/c1-14-8-10-7-11(13)12(15-10)9-5-3-2-4-6-9/h2-6,10-12H,7-8H2,1H3. The lowest BCUT2D eigenvalue weighted by molar-refractivity contribution is -0.0102. The molecule has 3 heteroatoms. The van der Waals surface area contributed by atoms with Gasteiger partial charge in [0.25, 0.3) is 0 Å². The van der Waals surface area contributed by atoms with E-state index in [-0.39, 0.29) is 6.10 Å². The normalized spacial score (nSPS) is 30.7. The molecular weight excluding hydrogens is 195 g/mol. The minimum Gasteiger partial charge on any atom is -0.382 e. The zero-order chi connectivity index (χ0) is 10.7. The Balaban J connectivity index is 2.05. The van der Waals surface area contributed by atoms with E-state index in [0.29, 0.717) is 13.0 Å². The average Bonchev–Trinajstić information content (AvgIpc) is 2.61. The Morgan fingerprint density at radius 3 is 2.80 bits per heavy atom. The van der Waals surface area contributed by atoms with Gasteiger partial charge in [-0.15, -0.1) is 0 Å². The van der Waals surface area contributed by atoms with Crippen molar-refractivity contribution in [3.8, 4) is 0 Å². The maximum Gasteiger partial charge on any atom is 0.133 e. The largest absolute Gasteiger partial charge is 0.382 e. The number of halogens is 1. The summed E-state index contributed by atoms with van der Waals surface area (Å²) < 4.78 is 24.2. The van der Waals surface area contributed by atoms with E-state index in [1.807, 2.05) is 30.3 Å². The maximum absolute atomic E-state index is 13.7. The molecule has 1 aliphatic rings. The summed E-state index contributed by atoms with van der Waals surface area (Å²) >= 11 is 0. The van der Waals surface area contributed by atoms with Crippen molar-refractivity contribution in [2.24, 2.45) is 0 Å². The Kier molecular flexibility index (Phi) is 3.34. The van der Waals surface area contributed by atoms with Gasteiger partial charge in [0.2, 0.25) is 0 Å². The molecular formula is C12H15FO2. The molecule has 0 radical (unpaired) electrons. The van der Waals surface area contributed by atoms with Crippen molar-refractivity contribution in [3.05, 3.63) is 35.9 Å². The van der Waals surface area contributed by atoms with E-state index in [9.17, 15) is 4.39 Å². The Labute approximate surface area is 89.0 Å². The van der Waals surface area contributed by atoms with Gasteiger partial charge in [-0.05, 0) is 5.56 Å². The number of benzene rings is 1. The molecule has 0 spiro atoms. The molecule has 2 rings (SSSR count). The topological polar surface area (TPSA) is 18.5 Å². The highest BCUT2D eigenvalue weighted by molar-refractivity contribution is 5.19. The number of hydrogen-bond acceptors (Lipinski definition) is 2. The molecule has 2 nitrogen and oxygen atoms in total. The molecule has 0 aliphatic carbocycles. The molecule has 1 aliphatic heterocycles. The second-order valence-electron chi connectivity index (χ2n) is 3.80. The molecule has 0 bridgehead atoms. The first kappa shape index (κ1) is 10.6. The minimum absolute atomic E-state index is 0.116. The van der Waals surface area contributed by atoms with Gasteiger partial charge in [0.1, 0.15) is 12.3 Å². The van der Waals surface area contributed by atoms with Crippen molar-refractivity contribution in [1.82, 2.24) is 0 Å². The molecule has 0 N–H and O–H groups in total. The predicted molar refractivity (Wildman–Crippen MR) is 55.4 cm³/mol. The van der Waals surface area contributed by atoms with Crippen LogP contribution in [0.1, 0.15) is 18.1 Å². The predicted octanol–water partition coefficient (Wildman–Crippen LogP) is 2.50. The third-order valence-electron chi connectivity index (χ3n) is 2.64. The molecule has 3 unspecified atom stereocenters. The molecule has 0 amide bonds. The maximum atomic E-state index is 13.7. The molecule has 82 valence electrons.